The molecule has 7 nitrogen and oxygen atoms in total. The summed E-state index contributed by atoms with van der Waals surface area (Å²) in [6, 6.07) is 21.8. The van der Waals surface area contributed by atoms with Crippen LogP contribution in [0.3, 0.4) is 0 Å². The van der Waals surface area contributed by atoms with Crippen LogP contribution in [0, 0.1) is 0 Å². The predicted molar refractivity (Wildman–Crippen MR) is 152 cm³/mol. The third-order valence-corrected chi connectivity index (χ3v) is 7.69. The number of carbonyl (C=O) groups excluding carboxylic acids is 3. The van der Waals surface area contributed by atoms with Crippen LogP contribution in [0.5, 0.6) is 5.75 Å². The van der Waals surface area contributed by atoms with Gasteiger partial charge in [-0.15, -0.1) is 0 Å². The second-order valence-corrected chi connectivity index (χ2v) is 10.5. The highest BCUT2D eigenvalue weighted by Gasteiger charge is 2.38. The molecule has 2 aliphatic heterocycles. The number of ether oxygens (including phenoxy) is 1. The van der Waals surface area contributed by atoms with Crippen LogP contribution in [0.4, 0.5) is 11.4 Å². The van der Waals surface area contributed by atoms with Crippen LogP contribution in [0.25, 0.3) is 0 Å². The minimum absolute atomic E-state index is 0.0752. The monoisotopic (exact) mass is 545 g/mol. The van der Waals surface area contributed by atoms with Crippen molar-refractivity contribution in [3.05, 3.63) is 88.9 Å². The second-order valence-electron chi connectivity index (χ2n) is 10.1. The Kier molecular flexibility index (Phi) is 7.89. The molecule has 39 heavy (non-hydrogen) atoms. The standard InChI is InChI=1S/C31H32ClN3O4/c1-21-20-29(35(22(2)36)25-13-11-24(32)12-14-25)27-6-3-4-7-28(27)34(21)31(38)23-9-15-26(16-10-23)39-19-18-33-17-5-8-30(33)37/h3-4,6-7,9-16,21,29H,5,8,17-20H2,1-2H3. The van der Waals surface area contributed by atoms with Gasteiger partial charge in [0.1, 0.15) is 12.4 Å². The van der Waals surface area contributed by atoms with E-state index in [0.717, 1.165) is 29.9 Å². The summed E-state index contributed by atoms with van der Waals surface area (Å²) in [7, 11) is 0. The van der Waals surface area contributed by atoms with E-state index in [4.69, 9.17) is 16.3 Å². The quantitative estimate of drug-likeness (QED) is 0.372. The molecule has 0 aliphatic carbocycles. The lowest BCUT2D eigenvalue weighted by atomic mass is 9.89. The van der Waals surface area contributed by atoms with Crippen LogP contribution in [0.1, 0.15) is 55.1 Å². The van der Waals surface area contributed by atoms with Crippen LogP contribution < -0.4 is 14.5 Å². The Morgan fingerprint density at radius 1 is 1.03 bits per heavy atom. The van der Waals surface area contributed by atoms with Crippen LogP contribution in [0.15, 0.2) is 72.8 Å². The van der Waals surface area contributed by atoms with Crippen molar-refractivity contribution in [3.8, 4) is 5.75 Å². The zero-order valence-electron chi connectivity index (χ0n) is 22.2. The number of benzene rings is 3. The van der Waals surface area contributed by atoms with Crippen molar-refractivity contribution < 1.29 is 19.1 Å². The number of hydrogen-bond donors (Lipinski definition) is 0. The maximum atomic E-state index is 13.8. The Labute approximate surface area is 233 Å². The second kappa shape index (κ2) is 11.5. The lowest BCUT2D eigenvalue weighted by Gasteiger charge is -2.43. The van der Waals surface area contributed by atoms with Crippen molar-refractivity contribution in [1.29, 1.82) is 0 Å². The van der Waals surface area contributed by atoms with E-state index in [1.54, 1.807) is 48.2 Å². The fourth-order valence-electron chi connectivity index (χ4n) is 5.57. The summed E-state index contributed by atoms with van der Waals surface area (Å²) >= 11 is 6.10. The minimum Gasteiger partial charge on any atom is -0.492 e. The first-order chi connectivity index (χ1) is 18.8. The third kappa shape index (κ3) is 5.64. The van der Waals surface area contributed by atoms with Gasteiger partial charge < -0.3 is 19.4 Å². The third-order valence-electron chi connectivity index (χ3n) is 7.44. The zero-order valence-corrected chi connectivity index (χ0v) is 22.9. The van der Waals surface area contributed by atoms with Gasteiger partial charge in [-0.2, -0.15) is 0 Å². The average Bonchev–Trinajstić information content (AvgIpc) is 3.34. The Hall–Kier alpha value is -3.84. The number of nitrogens with zero attached hydrogens (tertiary/aromatic N) is 3. The van der Waals surface area contributed by atoms with Gasteiger partial charge in [0.05, 0.1) is 12.6 Å². The van der Waals surface area contributed by atoms with Crippen molar-refractivity contribution in [2.75, 3.05) is 29.5 Å². The van der Waals surface area contributed by atoms with Crippen LogP contribution in [0.2, 0.25) is 5.02 Å². The Morgan fingerprint density at radius 3 is 2.41 bits per heavy atom. The highest BCUT2D eigenvalue weighted by atomic mass is 35.5. The summed E-state index contributed by atoms with van der Waals surface area (Å²) in [5.74, 6) is 0.653. The maximum Gasteiger partial charge on any atom is 0.258 e. The fraction of sp³-hybridized carbons (Fsp3) is 0.323. The highest BCUT2D eigenvalue weighted by Crippen LogP contribution is 2.43. The molecule has 3 amide bonds. The largest absolute Gasteiger partial charge is 0.492 e. The zero-order chi connectivity index (χ0) is 27.5. The molecule has 0 aromatic heterocycles. The van der Waals surface area contributed by atoms with Gasteiger partial charge in [-0.05, 0) is 79.9 Å². The number of rotatable bonds is 7. The first-order valence-corrected chi connectivity index (χ1v) is 13.7. The van der Waals surface area contributed by atoms with Crippen LogP contribution >= 0.6 is 11.6 Å². The van der Waals surface area contributed by atoms with Crippen molar-refractivity contribution >= 4 is 40.7 Å². The summed E-state index contributed by atoms with van der Waals surface area (Å²) in [5.41, 5.74) is 3.04. The lowest BCUT2D eigenvalue weighted by molar-refractivity contribution is -0.128. The molecule has 8 heteroatoms. The van der Waals surface area contributed by atoms with E-state index in [0.29, 0.717) is 42.3 Å². The molecule has 2 aliphatic rings. The minimum atomic E-state index is -0.225. The molecule has 5 rings (SSSR count). The molecule has 0 bridgehead atoms. The number of anilines is 2. The van der Waals surface area contributed by atoms with E-state index >= 15 is 0 Å². The van der Waals surface area contributed by atoms with Crippen LogP contribution in [-0.2, 0) is 9.59 Å². The highest BCUT2D eigenvalue weighted by molar-refractivity contribution is 6.30. The number of likely N-dealkylation sites (tertiary alicyclic amines) is 1. The summed E-state index contributed by atoms with van der Waals surface area (Å²) in [5, 5.41) is 0.606. The lowest BCUT2D eigenvalue weighted by Crippen LogP contribution is -2.47. The molecular weight excluding hydrogens is 514 g/mol. The summed E-state index contributed by atoms with van der Waals surface area (Å²) in [6.45, 7) is 5.34. The summed E-state index contributed by atoms with van der Waals surface area (Å²) in [4.78, 5) is 43.8. The van der Waals surface area contributed by atoms with Gasteiger partial charge in [-0.1, -0.05) is 29.8 Å². The van der Waals surface area contributed by atoms with Gasteiger partial charge >= 0.3 is 0 Å². The van der Waals surface area contributed by atoms with E-state index in [1.165, 1.54) is 0 Å². The topological polar surface area (TPSA) is 70.2 Å². The molecule has 202 valence electrons. The van der Waals surface area contributed by atoms with Crippen molar-refractivity contribution in [1.82, 2.24) is 4.90 Å². The van der Waals surface area contributed by atoms with Crippen molar-refractivity contribution in [2.24, 2.45) is 0 Å². The smallest absolute Gasteiger partial charge is 0.258 e. The molecular formula is C31H32ClN3O4. The molecule has 0 N–H and O–H groups in total. The van der Waals surface area contributed by atoms with E-state index < -0.39 is 0 Å². The number of carbonyl (C=O) groups is 3. The van der Waals surface area contributed by atoms with Crippen molar-refractivity contribution in [2.45, 2.75) is 45.2 Å². The van der Waals surface area contributed by atoms with E-state index in [1.807, 2.05) is 53.1 Å². The Balaban J connectivity index is 1.35. The fourth-order valence-corrected chi connectivity index (χ4v) is 5.69. The van der Waals surface area contributed by atoms with Gasteiger partial charge in [0, 0.05) is 47.9 Å². The number of hydrogen-bond acceptors (Lipinski definition) is 4. The number of amides is 3. The SMILES string of the molecule is CC(=O)N(c1ccc(Cl)cc1)C1CC(C)N(C(=O)c2ccc(OCCN3CCCC3=O)cc2)c2ccccc21. The van der Waals surface area contributed by atoms with Crippen LogP contribution in [-0.4, -0.2) is 48.4 Å². The molecule has 0 radical (unpaired) electrons. The van der Waals surface area contributed by atoms with Gasteiger partial charge in [0.25, 0.3) is 5.91 Å². The molecule has 2 unspecified atom stereocenters. The normalized spacial score (nSPS) is 18.6. The van der Waals surface area contributed by atoms with Gasteiger partial charge in [0.2, 0.25) is 11.8 Å². The van der Waals surface area contributed by atoms with E-state index in [-0.39, 0.29) is 29.8 Å². The molecule has 1 saturated heterocycles. The number of halogens is 1. The molecule has 1 fully saturated rings. The van der Waals surface area contributed by atoms with Gasteiger partial charge in [-0.25, -0.2) is 0 Å². The molecule has 2 atom stereocenters. The molecule has 0 saturated carbocycles. The van der Waals surface area contributed by atoms with E-state index in [9.17, 15) is 14.4 Å². The average molecular weight is 546 g/mol. The first-order valence-electron chi connectivity index (χ1n) is 13.3. The predicted octanol–water partition coefficient (Wildman–Crippen LogP) is 5.87. The first kappa shape index (κ1) is 26.8. The Bertz CT molecular complexity index is 1360. The number of fused-ring (bicyclic) bond motifs is 1. The molecule has 3 aromatic rings. The maximum absolute atomic E-state index is 13.8. The van der Waals surface area contributed by atoms with E-state index in [2.05, 4.69) is 0 Å². The number of para-hydroxylation sites is 1. The van der Waals surface area contributed by atoms with Crippen molar-refractivity contribution in [3.63, 3.8) is 0 Å². The summed E-state index contributed by atoms with van der Waals surface area (Å²) in [6.07, 6.45) is 2.10. The summed E-state index contributed by atoms with van der Waals surface area (Å²) < 4.78 is 5.82. The van der Waals surface area contributed by atoms with Gasteiger partial charge in [0.15, 0.2) is 0 Å². The van der Waals surface area contributed by atoms with Gasteiger partial charge in [-0.3, -0.25) is 14.4 Å². The molecule has 0 spiro atoms. The Morgan fingerprint density at radius 2 is 1.74 bits per heavy atom. The molecule has 2 heterocycles. The molecule has 3 aromatic carbocycles.